The summed E-state index contributed by atoms with van der Waals surface area (Å²) in [6.07, 6.45) is 0. The quantitative estimate of drug-likeness (QED) is 0.776. The van der Waals surface area contributed by atoms with E-state index < -0.39 is 0 Å². The number of rotatable bonds is 8. The summed E-state index contributed by atoms with van der Waals surface area (Å²) in [7, 11) is 1.66. The van der Waals surface area contributed by atoms with Crippen molar-refractivity contribution in [2.24, 2.45) is 11.8 Å². The summed E-state index contributed by atoms with van der Waals surface area (Å²) in [4.78, 5) is 18.5. The van der Waals surface area contributed by atoms with Gasteiger partial charge in [0.05, 0.1) is 12.8 Å². The Hall–Kier alpha value is -1.59. The maximum atomic E-state index is 12.0. The lowest BCUT2D eigenvalue weighted by Gasteiger charge is -2.25. The van der Waals surface area contributed by atoms with Crippen molar-refractivity contribution in [1.29, 1.82) is 0 Å². The van der Waals surface area contributed by atoms with Crippen molar-refractivity contribution in [3.63, 3.8) is 0 Å². The van der Waals surface area contributed by atoms with Gasteiger partial charge in [0.15, 0.2) is 0 Å². The smallest absolute Gasteiger partial charge is 0.305 e. The molecule has 1 heterocycles. The van der Waals surface area contributed by atoms with Crippen LogP contribution in [0.4, 0.5) is 0 Å². The van der Waals surface area contributed by atoms with E-state index in [1.54, 1.807) is 7.11 Å². The monoisotopic (exact) mass is 348 g/mol. The van der Waals surface area contributed by atoms with E-state index in [0.29, 0.717) is 11.8 Å². The largest absolute Gasteiger partial charge is 0.497 e. The Balaban J connectivity index is 2.31. The Morgan fingerprint density at radius 3 is 2.42 bits per heavy atom. The molecule has 0 aliphatic heterocycles. The van der Waals surface area contributed by atoms with Crippen LogP contribution in [0.3, 0.4) is 0 Å². The zero-order valence-corrected chi connectivity index (χ0v) is 16.1. The summed E-state index contributed by atoms with van der Waals surface area (Å²) in [6, 6.07) is 7.85. The summed E-state index contributed by atoms with van der Waals surface area (Å²) < 4.78 is 5.31. The van der Waals surface area contributed by atoms with Crippen LogP contribution in [0.2, 0.25) is 0 Å². The maximum Gasteiger partial charge on any atom is 0.305 e. The number of benzene rings is 1. The van der Waals surface area contributed by atoms with Gasteiger partial charge >= 0.3 is 4.87 Å². The first-order valence-corrected chi connectivity index (χ1v) is 9.29. The van der Waals surface area contributed by atoms with Crippen LogP contribution in [0, 0.1) is 11.8 Å². The van der Waals surface area contributed by atoms with Crippen LogP contribution in [-0.4, -0.2) is 30.1 Å². The lowest BCUT2D eigenvalue weighted by Crippen LogP contribution is -2.30. The van der Waals surface area contributed by atoms with Gasteiger partial charge in [-0.15, -0.1) is 0 Å². The molecule has 0 saturated heterocycles. The SMILES string of the molecule is COc1cccc(-c2[nH]c(=O)sc2CN(CC(C)C)CC(C)C)c1. The summed E-state index contributed by atoms with van der Waals surface area (Å²) in [5, 5.41) is 0. The number of hydrogen-bond acceptors (Lipinski definition) is 4. The molecule has 24 heavy (non-hydrogen) atoms. The number of ether oxygens (including phenoxy) is 1. The van der Waals surface area contributed by atoms with E-state index in [9.17, 15) is 4.79 Å². The predicted molar refractivity (Wildman–Crippen MR) is 102 cm³/mol. The third-order valence-corrected chi connectivity index (χ3v) is 4.56. The van der Waals surface area contributed by atoms with Crippen molar-refractivity contribution < 1.29 is 4.74 Å². The second-order valence-corrected chi connectivity index (χ2v) is 8.09. The standard InChI is InChI=1S/C19H28N2O2S/c1-13(2)10-21(11-14(3)4)12-17-18(20-19(22)24-17)15-7-6-8-16(9-15)23-5/h6-9,13-14H,10-12H2,1-5H3,(H,20,22). The first-order valence-electron chi connectivity index (χ1n) is 8.47. The van der Waals surface area contributed by atoms with Crippen molar-refractivity contribution in [2.45, 2.75) is 34.2 Å². The zero-order chi connectivity index (χ0) is 17.7. The Labute approximate surface area is 148 Å². The van der Waals surface area contributed by atoms with Crippen molar-refractivity contribution in [1.82, 2.24) is 9.88 Å². The second kappa shape index (κ2) is 8.49. The molecule has 0 radical (unpaired) electrons. The van der Waals surface area contributed by atoms with E-state index in [1.165, 1.54) is 11.3 Å². The molecule has 2 rings (SSSR count). The number of hydrogen-bond donors (Lipinski definition) is 1. The molecule has 0 aliphatic carbocycles. The van der Waals surface area contributed by atoms with E-state index >= 15 is 0 Å². The van der Waals surface area contributed by atoms with Gasteiger partial charge in [0, 0.05) is 30.1 Å². The van der Waals surface area contributed by atoms with Crippen LogP contribution in [-0.2, 0) is 6.54 Å². The molecule has 0 aliphatic rings. The van der Waals surface area contributed by atoms with Crippen molar-refractivity contribution in [3.8, 4) is 17.0 Å². The molecule has 0 saturated carbocycles. The lowest BCUT2D eigenvalue weighted by atomic mass is 10.1. The minimum atomic E-state index is -0.00290. The van der Waals surface area contributed by atoms with E-state index in [1.807, 2.05) is 24.3 Å². The van der Waals surface area contributed by atoms with Crippen LogP contribution in [0.5, 0.6) is 5.75 Å². The average Bonchev–Trinajstić information content (AvgIpc) is 2.86. The molecule has 0 bridgehead atoms. The van der Waals surface area contributed by atoms with Crippen LogP contribution in [0.25, 0.3) is 11.3 Å². The highest BCUT2D eigenvalue weighted by molar-refractivity contribution is 7.09. The van der Waals surface area contributed by atoms with Crippen molar-refractivity contribution in [2.75, 3.05) is 20.2 Å². The van der Waals surface area contributed by atoms with Gasteiger partial charge in [-0.1, -0.05) is 51.2 Å². The van der Waals surface area contributed by atoms with Gasteiger partial charge in [0.2, 0.25) is 0 Å². The van der Waals surface area contributed by atoms with Gasteiger partial charge in [-0.05, 0) is 24.0 Å². The normalized spacial score (nSPS) is 11.7. The molecule has 5 heteroatoms. The molecule has 1 N–H and O–H groups in total. The molecule has 0 fully saturated rings. The minimum absolute atomic E-state index is 0.00290. The number of thiazole rings is 1. The van der Waals surface area contributed by atoms with Gasteiger partial charge in [0.1, 0.15) is 5.75 Å². The number of aromatic nitrogens is 1. The van der Waals surface area contributed by atoms with E-state index in [4.69, 9.17) is 4.74 Å². The van der Waals surface area contributed by atoms with Gasteiger partial charge in [-0.2, -0.15) is 0 Å². The predicted octanol–water partition coefficient (Wildman–Crippen LogP) is 4.23. The number of H-pyrrole nitrogens is 1. The van der Waals surface area contributed by atoms with E-state index in [0.717, 1.165) is 41.5 Å². The maximum absolute atomic E-state index is 12.0. The van der Waals surface area contributed by atoms with Crippen LogP contribution in [0.15, 0.2) is 29.1 Å². The molecular weight excluding hydrogens is 320 g/mol. The minimum Gasteiger partial charge on any atom is -0.497 e. The first-order chi connectivity index (χ1) is 11.4. The molecule has 0 spiro atoms. The zero-order valence-electron chi connectivity index (χ0n) is 15.3. The highest BCUT2D eigenvalue weighted by atomic mass is 32.1. The molecule has 4 nitrogen and oxygen atoms in total. The number of nitrogens with one attached hydrogen (secondary N) is 1. The molecule has 1 aromatic heterocycles. The lowest BCUT2D eigenvalue weighted by molar-refractivity contribution is 0.213. The number of nitrogens with zero attached hydrogens (tertiary/aromatic N) is 1. The molecule has 132 valence electrons. The molecule has 0 atom stereocenters. The van der Waals surface area contributed by atoms with Crippen molar-refractivity contribution in [3.05, 3.63) is 38.8 Å². The fourth-order valence-corrected chi connectivity index (χ4v) is 3.82. The molecule has 2 aromatic rings. The summed E-state index contributed by atoms with van der Waals surface area (Å²) >= 11 is 1.31. The fraction of sp³-hybridized carbons (Fsp3) is 0.526. The Bertz CT molecular complexity index is 693. The molecule has 1 aromatic carbocycles. The number of methoxy groups -OCH3 is 1. The first kappa shape index (κ1) is 18.7. The van der Waals surface area contributed by atoms with E-state index in [2.05, 4.69) is 37.6 Å². The van der Waals surface area contributed by atoms with Gasteiger partial charge in [-0.25, -0.2) is 0 Å². The topological polar surface area (TPSA) is 45.3 Å². The summed E-state index contributed by atoms with van der Waals surface area (Å²) in [6.45, 7) is 11.8. The Kier molecular flexibility index (Phi) is 6.63. The highest BCUT2D eigenvalue weighted by Crippen LogP contribution is 2.27. The van der Waals surface area contributed by atoms with Gasteiger partial charge in [-0.3, -0.25) is 9.69 Å². The number of aromatic amines is 1. The average molecular weight is 349 g/mol. The Morgan fingerprint density at radius 1 is 1.17 bits per heavy atom. The van der Waals surface area contributed by atoms with E-state index in [-0.39, 0.29) is 4.87 Å². The van der Waals surface area contributed by atoms with Crippen LogP contribution >= 0.6 is 11.3 Å². The van der Waals surface area contributed by atoms with Gasteiger partial charge < -0.3 is 9.72 Å². The van der Waals surface area contributed by atoms with Crippen LogP contribution < -0.4 is 9.61 Å². The van der Waals surface area contributed by atoms with Crippen LogP contribution in [0.1, 0.15) is 32.6 Å². The van der Waals surface area contributed by atoms with Crippen molar-refractivity contribution >= 4 is 11.3 Å². The highest BCUT2D eigenvalue weighted by Gasteiger charge is 2.16. The second-order valence-electron chi connectivity index (χ2n) is 7.03. The third kappa shape index (κ3) is 5.21. The molecule has 0 unspecified atom stereocenters. The molecular formula is C19H28N2O2S. The van der Waals surface area contributed by atoms with Gasteiger partial charge in [0.25, 0.3) is 0 Å². The summed E-state index contributed by atoms with van der Waals surface area (Å²) in [5.41, 5.74) is 1.91. The Morgan fingerprint density at radius 2 is 1.83 bits per heavy atom. The fourth-order valence-electron chi connectivity index (χ4n) is 2.92. The summed E-state index contributed by atoms with van der Waals surface area (Å²) in [5.74, 6) is 1.99. The molecule has 0 amide bonds. The third-order valence-electron chi connectivity index (χ3n) is 3.69.